The van der Waals surface area contributed by atoms with Gasteiger partial charge in [-0.05, 0) is 48.5 Å². The quantitative estimate of drug-likeness (QED) is 0.705. The van der Waals surface area contributed by atoms with Gasteiger partial charge in [0.25, 0.3) is 0 Å². The Balaban J connectivity index is 1.28. The second-order valence-corrected chi connectivity index (χ2v) is 6.65. The Kier molecular flexibility index (Phi) is 7.26. The second-order valence-electron chi connectivity index (χ2n) is 6.65. The van der Waals surface area contributed by atoms with Crippen LogP contribution in [0.3, 0.4) is 0 Å². The fourth-order valence-corrected chi connectivity index (χ4v) is 3.07. The van der Waals surface area contributed by atoms with Gasteiger partial charge >= 0.3 is 0 Å². The predicted octanol–water partition coefficient (Wildman–Crippen LogP) is 2.51. The number of rotatable bonds is 8. The molecule has 1 saturated heterocycles. The van der Waals surface area contributed by atoms with E-state index >= 15 is 0 Å². The Morgan fingerprint density at radius 1 is 0.643 bits per heavy atom. The molecule has 0 atom stereocenters. The number of piperazine rings is 1. The molecule has 28 heavy (non-hydrogen) atoms. The molecule has 0 aromatic heterocycles. The zero-order chi connectivity index (χ0) is 19.6. The van der Waals surface area contributed by atoms with Crippen LogP contribution in [0.25, 0.3) is 0 Å². The van der Waals surface area contributed by atoms with E-state index in [1.54, 1.807) is 24.3 Å². The predicted molar refractivity (Wildman–Crippen MR) is 106 cm³/mol. The molecule has 0 saturated carbocycles. The highest BCUT2D eigenvalue weighted by molar-refractivity contribution is 5.35. The molecule has 0 aliphatic carbocycles. The van der Waals surface area contributed by atoms with Crippen LogP contribution in [0, 0.1) is 22.7 Å². The van der Waals surface area contributed by atoms with Gasteiger partial charge in [-0.3, -0.25) is 9.80 Å². The molecule has 0 radical (unpaired) electrons. The average Bonchev–Trinajstić information content (AvgIpc) is 2.76. The summed E-state index contributed by atoms with van der Waals surface area (Å²) >= 11 is 0. The van der Waals surface area contributed by atoms with E-state index in [2.05, 4.69) is 21.9 Å². The van der Waals surface area contributed by atoms with Crippen LogP contribution in [0.2, 0.25) is 0 Å². The monoisotopic (exact) mass is 376 g/mol. The summed E-state index contributed by atoms with van der Waals surface area (Å²) in [6.07, 6.45) is 0. The van der Waals surface area contributed by atoms with Gasteiger partial charge in [-0.25, -0.2) is 0 Å². The molecule has 0 spiro atoms. The fourth-order valence-electron chi connectivity index (χ4n) is 3.07. The van der Waals surface area contributed by atoms with Crippen LogP contribution in [0.5, 0.6) is 11.5 Å². The van der Waals surface area contributed by atoms with Crippen molar-refractivity contribution in [3.05, 3.63) is 59.7 Å². The summed E-state index contributed by atoms with van der Waals surface area (Å²) in [5.41, 5.74) is 1.29. The van der Waals surface area contributed by atoms with E-state index in [-0.39, 0.29) is 0 Å². The van der Waals surface area contributed by atoms with Crippen LogP contribution in [0.15, 0.2) is 48.5 Å². The lowest BCUT2D eigenvalue weighted by Crippen LogP contribution is -2.48. The van der Waals surface area contributed by atoms with Gasteiger partial charge in [-0.15, -0.1) is 0 Å². The van der Waals surface area contributed by atoms with Crippen molar-refractivity contribution in [1.29, 1.82) is 10.5 Å². The Morgan fingerprint density at radius 3 is 1.32 bits per heavy atom. The van der Waals surface area contributed by atoms with Gasteiger partial charge in [0.15, 0.2) is 0 Å². The summed E-state index contributed by atoms with van der Waals surface area (Å²) in [4.78, 5) is 4.81. The summed E-state index contributed by atoms with van der Waals surface area (Å²) in [6, 6.07) is 18.6. The van der Waals surface area contributed by atoms with E-state index in [9.17, 15) is 0 Å². The highest BCUT2D eigenvalue weighted by atomic mass is 16.5. The number of hydrogen-bond donors (Lipinski definition) is 0. The minimum Gasteiger partial charge on any atom is -0.492 e. The topological polar surface area (TPSA) is 72.5 Å². The van der Waals surface area contributed by atoms with Crippen LogP contribution in [-0.4, -0.2) is 62.3 Å². The van der Waals surface area contributed by atoms with E-state index in [0.29, 0.717) is 24.3 Å². The fraction of sp³-hybridized carbons (Fsp3) is 0.364. The van der Waals surface area contributed by atoms with E-state index in [1.807, 2.05) is 24.3 Å². The number of ether oxygens (including phenoxy) is 2. The number of nitriles is 2. The molecule has 6 nitrogen and oxygen atoms in total. The summed E-state index contributed by atoms with van der Waals surface area (Å²) in [6.45, 7) is 7.18. The Morgan fingerprint density at radius 2 is 1.00 bits per heavy atom. The van der Waals surface area contributed by atoms with E-state index in [0.717, 1.165) is 50.8 Å². The lowest BCUT2D eigenvalue weighted by Gasteiger charge is -2.34. The van der Waals surface area contributed by atoms with Gasteiger partial charge in [0.1, 0.15) is 24.7 Å². The number of nitrogens with zero attached hydrogens (tertiary/aromatic N) is 4. The molecule has 1 aliphatic rings. The van der Waals surface area contributed by atoms with E-state index in [1.165, 1.54) is 0 Å². The Labute approximate surface area is 166 Å². The molecule has 0 N–H and O–H groups in total. The van der Waals surface area contributed by atoms with Crippen LogP contribution in [-0.2, 0) is 0 Å². The largest absolute Gasteiger partial charge is 0.492 e. The molecule has 1 aliphatic heterocycles. The lowest BCUT2D eigenvalue weighted by atomic mass is 10.2. The average molecular weight is 376 g/mol. The maximum atomic E-state index is 8.81. The molecule has 0 bridgehead atoms. The van der Waals surface area contributed by atoms with Gasteiger partial charge in [-0.1, -0.05) is 0 Å². The first-order valence-corrected chi connectivity index (χ1v) is 9.47. The van der Waals surface area contributed by atoms with Crippen molar-refractivity contribution in [3.8, 4) is 23.6 Å². The maximum absolute atomic E-state index is 8.81. The van der Waals surface area contributed by atoms with E-state index in [4.69, 9.17) is 20.0 Å². The first-order chi connectivity index (χ1) is 13.8. The molecule has 1 fully saturated rings. The third-order valence-corrected chi connectivity index (χ3v) is 4.78. The molecule has 6 heteroatoms. The SMILES string of the molecule is N#Cc1ccc(OCCN2CCN(CCOc3ccc(C#N)cc3)CC2)cc1. The third kappa shape index (κ3) is 5.99. The van der Waals surface area contributed by atoms with Crippen molar-refractivity contribution in [3.63, 3.8) is 0 Å². The maximum Gasteiger partial charge on any atom is 0.119 e. The molecule has 2 aromatic carbocycles. The lowest BCUT2D eigenvalue weighted by molar-refractivity contribution is 0.105. The summed E-state index contributed by atoms with van der Waals surface area (Å²) in [5.74, 6) is 1.61. The molecule has 144 valence electrons. The van der Waals surface area contributed by atoms with Crippen molar-refractivity contribution in [2.45, 2.75) is 0 Å². The van der Waals surface area contributed by atoms with Crippen LogP contribution in [0.4, 0.5) is 0 Å². The zero-order valence-corrected chi connectivity index (χ0v) is 15.9. The van der Waals surface area contributed by atoms with Gasteiger partial charge in [0.2, 0.25) is 0 Å². The van der Waals surface area contributed by atoms with Gasteiger partial charge in [0, 0.05) is 39.3 Å². The summed E-state index contributed by atoms with van der Waals surface area (Å²) in [5, 5.41) is 17.6. The number of hydrogen-bond acceptors (Lipinski definition) is 6. The minimum atomic E-state index is 0.645. The molecule has 1 heterocycles. The first-order valence-electron chi connectivity index (χ1n) is 9.47. The van der Waals surface area contributed by atoms with Crippen LogP contribution < -0.4 is 9.47 Å². The van der Waals surface area contributed by atoms with Gasteiger partial charge in [-0.2, -0.15) is 10.5 Å². The summed E-state index contributed by atoms with van der Waals surface area (Å²) in [7, 11) is 0. The highest BCUT2D eigenvalue weighted by Gasteiger charge is 2.16. The molecular formula is C22H24N4O2. The smallest absolute Gasteiger partial charge is 0.119 e. The molecule has 0 amide bonds. The Bertz CT molecular complexity index is 742. The third-order valence-electron chi connectivity index (χ3n) is 4.78. The van der Waals surface area contributed by atoms with Crippen molar-refractivity contribution in [1.82, 2.24) is 9.80 Å². The van der Waals surface area contributed by atoms with Crippen molar-refractivity contribution < 1.29 is 9.47 Å². The second kappa shape index (κ2) is 10.3. The number of benzene rings is 2. The Hall–Kier alpha value is -3.06. The zero-order valence-electron chi connectivity index (χ0n) is 15.9. The van der Waals surface area contributed by atoms with Crippen molar-refractivity contribution in [2.24, 2.45) is 0 Å². The van der Waals surface area contributed by atoms with Gasteiger partial charge < -0.3 is 9.47 Å². The molecule has 0 unspecified atom stereocenters. The molecule has 3 rings (SSSR count). The van der Waals surface area contributed by atoms with Crippen molar-refractivity contribution in [2.75, 3.05) is 52.5 Å². The molecular weight excluding hydrogens is 352 g/mol. The summed E-state index contributed by atoms with van der Waals surface area (Å²) < 4.78 is 11.5. The molecule has 2 aromatic rings. The van der Waals surface area contributed by atoms with Crippen LogP contribution >= 0.6 is 0 Å². The normalized spacial score (nSPS) is 14.8. The first kappa shape index (κ1) is 19.7. The minimum absolute atomic E-state index is 0.645. The van der Waals surface area contributed by atoms with Crippen molar-refractivity contribution >= 4 is 0 Å². The van der Waals surface area contributed by atoms with E-state index < -0.39 is 0 Å². The highest BCUT2D eigenvalue weighted by Crippen LogP contribution is 2.13. The van der Waals surface area contributed by atoms with Gasteiger partial charge in [0.05, 0.1) is 23.3 Å². The standard InChI is InChI=1S/C22H24N4O2/c23-17-19-1-5-21(6-2-19)27-15-13-25-9-11-26(12-10-25)14-16-28-22-7-3-20(18-24)4-8-22/h1-8H,9-16H2. The van der Waals surface area contributed by atoms with Crippen LogP contribution in [0.1, 0.15) is 11.1 Å².